The molecule has 1 aliphatic heterocycles. The minimum atomic E-state index is -0.214. The van der Waals surface area contributed by atoms with E-state index in [9.17, 15) is 0 Å². The number of hydrogen-bond donors (Lipinski definition) is 1. The van der Waals surface area contributed by atoms with Crippen molar-refractivity contribution in [2.75, 3.05) is 33.4 Å². The summed E-state index contributed by atoms with van der Waals surface area (Å²) in [5, 5.41) is 3.46. The van der Waals surface area contributed by atoms with E-state index >= 15 is 0 Å². The van der Waals surface area contributed by atoms with Crippen LogP contribution in [0, 0.1) is 5.92 Å². The van der Waals surface area contributed by atoms with Gasteiger partial charge in [0.2, 0.25) is 0 Å². The van der Waals surface area contributed by atoms with Crippen LogP contribution in [-0.4, -0.2) is 39.0 Å². The van der Waals surface area contributed by atoms with Gasteiger partial charge in [-0.05, 0) is 45.4 Å². The van der Waals surface area contributed by atoms with Crippen LogP contribution in [-0.2, 0) is 4.74 Å². The van der Waals surface area contributed by atoms with Gasteiger partial charge in [-0.15, -0.1) is 0 Å². The van der Waals surface area contributed by atoms with Gasteiger partial charge in [0.05, 0.1) is 6.61 Å². The Morgan fingerprint density at radius 3 is 2.62 bits per heavy atom. The average molecular weight is 293 g/mol. The molecule has 2 rings (SSSR count). The Labute approximate surface area is 127 Å². The number of nitrogens with one attached hydrogen (secondary N) is 1. The van der Waals surface area contributed by atoms with Gasteiger partial charge in [-0.1, -0.05) is 12.1 Å². The molecule has 118 valence electrons. The minimum Gasteiger partial charge on any atom is -0.487 e. The summed E-state index contributed by atoms with van der Waals surface area (Å²) in [6.45, 7) is 7.56. The summed E-state index contributed by atoms with van der Waals surface area (Å²) in [5.74, 6) is 2.11. The van der Waals surface area contributed by atoms with Gasteiger partial charge in [-0.2, -0.15) is 0 Å². The second kappa shape index (κ2) is 7.66. The van der Waals surface area contributed by atoms with E-state index in [-0.39, 0.29) is 5.60 Å². The van der Waals surface area contributed by atoms with Crippen molar-refractivity contribution in [3.63, 3.8) is 0 Å². The Kier molecular flexibility index (Phi) is 5.88. The monoisotopic (exact) mass is 293 g/mol. The van der Waals surface area contributed by atoms with Crippen molar-refractivity contribution in [1.29, 1.82) is 0 Å². The van der Waals surface area contributed by atoms with Crippen LogP contribution in [0.1, 0.15) is 26.7 Å². The Morgan fingerprint density at radius 1 is 1.19 bits per heavy atom. The first kappa shape index (κ1) is 16.1. The topological polar surface area (TPSA) is 39.7 Å². The zero-order valence-corrected chi connectivity index (χ0v) is 13.4. The van der Waals surface area contributed by atoms with Crippen molar-refractivity contribution < 1.29 is 14.2 Å². The van der Waals surface area contributed by atoms with E-state index in [1.807, 2.05) is 24.3 Å². The largest absolute Gasteiger partial charge is 0.487 e. The minimum absolute atomic E-state index is 0.214. The molecular weight excluding hydrogens is 266 g/mol. The van der Waals surface area contributed by atoms with Gasteiger partial charge in [0.15, 0.2) is 11.5 Å². The molecule has 1 heterocycles. The Balaban J connectivity index is 2.03. The molecule has 1 fully saturated rings. The number of ether oxygens (including phenoxy) is 3. The molecule has 1 atom stereocenters. The first-order valence-electron chi connectivity index (χ1n) is 7.74. The molecule has 0 bridgehead atoms. The van der Waals surface area contributed by atoms with Crippen molar-refractivity contribution >= 4 is 0 Å². The maximum Gasteiger partial charge on any atom is 0.162 e. The maximum atomic E-state index is 6.30. The van der Waals surface area contributed by atoms with Crippen LogP contribution in [0.2, 0.25) is 0 Å². The zero-order valence-electron chi connectivity index (χ0n) is 13.4. The van der Waals surface area contributed by atoms with E-state index in [1.54, 1.807) is 7.11 Å². The van der Waals surface area contributed by atoms with Crippen LogP contribution < -0.4 is 14.8 Å². The van der Waals surface area contributed by atoms with Gasteiger partial charge in [0.1, 0.15) is 12.2 Å². The summed E-state index contributed by atoms with van der Waals surface area (Å²) in [6.07, 6.45) is 2.41. The van der Waals surface area contributed by atoms with E-state index in [2.05, 4.69) is 19.2 Å². The average Bonchev–Trinajstić information content (AvgIpc) is 2.50. The Bertz CT molecular complexity index is 428. The molecule has 0 aliphatic carbocycles. The smallest absolute Gasteiger partial charge is 0.162 e. The fraction of sp³-hybridized carbons (Fsp3) is 0.647. The molecule has 0 amide bonds. The molecule has 1 aromatic carbocycles. The van der Waals surface area contributed by atoms with Crippen LogP contribution in [0.5, 0.6) is 11.5 Å². The van der Waals surface area contributed by atoms with Gasteiger partial charge < -0.3 is 19.5 Å². The zero-order chi connectivity index (χ0) is 15.1. The van der Waals surface area contributed by atoms with Crippen LogP contribution in [0.3, 0.4) is 0 Å². The standard InChI is InChI=1S/C17H27NO3/c1-17(2,14-7-6-10-18-13-14)21-16-9-5-4-8-15(16)20-12-11-19-3/h4-5,8-9,14,18H,6-7,10-13H2,1-3H3/t14-/m0/s1. The first-order valence-corrected chi connectivity index (χ1v) is 7.74. The van der Waals surface area contributed by atoms with Crippen LogP contribution in [0.25, 0.3) is 0 Å². The quantitative estimate of drug-likeness (QED) is 0.785. The molecule has 4 nitrogen and oxygen atoms in total. The van der Waals surface area contributed by atoms with Crippen molar-refractivity contribution in [3.05, 3.63) is 24.3 Å². The summed E-state index contributed by atoms with van der Waals surface area (Å²) in [5.41, 5.74) is -0.214. The van der Waals surface area contributed by atoms with E-state index in [0.29, 0.717) is 19.1 Å². The fourth-order valence-corrected chi connectivity index (χ4v) is 2.70. The van der Waals surface area contributed by atoms with E-state index < -0.39 is 0 Å². The number of methoxy groups -OCH3 is 1. The van der Waals surface area contributed by atoms with Gasteiger partial charge in [-0.25, -0.2) is 0 Å². The number of hydrogen-bond acceptors (Lipinski definition) is 4. The Hall–Kier alpha value is -1.26. The molecule has 4 heteroatoms. The summed E-state index contributed by atoms with van der Waals surface area (Å²) in [4.78, 5) is 0. The van der Waals surface area contributed by atoms with Gasteiger partial charge >= 0.3 is 0 Å². The predicted octanol–water partition coefficient (Wildman–Crippen LogP) is 2.87. The molecule has 0 aromatic heterocycles. The molecule has 0 unspecified atom stereocenters. The first-order chi connectivity index (χ1) is 10.1. The molecule has 0 spiro atoms. The highest BCUT2D eigenvalue weighted by molar-refractivity contribution is 5.40. The van der Waals surface area contributed by atoms with Gasteiger partial charge in [0.25, 0.3) is 0 Å². The van der Waals surface area contributed by atoms with Crippen LogP contribution in [0.15, 0.2) is 24.3 Å². The van der Waals surface area contributed by atoms with Crippen LogP contribution in [0.4, 0.5) is 0 Å². The van der Waals surface area contributed by atoms with Crippen LogP contribution >= 0.6 is 0 Å². The van der Waals surface area contributed by atoms with Crippen molar-refractivity contribution in [2.45, 2.75) is 32.3 Å². The fourth-order valence-electron chi connectivity index (χ4n) is 2.70. The lowest BCUT2D eigenvalue weighted by Gasteiger charge is -2.37. The molecule has 1 N–H and O–H groups in total. The highest BCUT2D eigenvalue weighted by atomic mass is 16.5. The normalized spacial score (nSPS) is 19.3. The van der Waals surface area contributed by atoms with E-state index in [4.69, 9.17) is 14.2 Å². The molecule has 1 aromatic rings. The lowest BCUT2D eigenvalue weighted by Crippen LogP contribution is -2.46. The summed E-state index contributed by atoms with van der Waals surface area (Å²) in [6, 6.07) is 7.86. The summed E-state index contributed by atoms with van der Waals surface area (Å²) < 4.78 is 17.1. The number of piperidine rings is 1. The van der Waals surface area contributed by atoms with E-state index in [0.717, 1.165) is 24.6 Å². The lowest BCUT2D eigenvalue weighted by molar-refractivity contribution is 0.0280. The second-order valence-electron chi connectivity index (χ2n) is 6.04. The predicted molar refractivity (Wildman–Crippen MR) is 84.1 cm³/mol. The van der Waals surface area contributed by atoms with Crippen molar-refractivity contribution in [3.8, 4) is 11.5 Å². The molecule has 1 saturated heterocycles. The third kappa shape index (κ3) is 4.61. The third-order valence-corrected chi connectivity index (χ3v) is 4.05. The summed E-state index contributed by atoms with van der Waals surface area (Å²) >= 11 is 0. The van der Waals surface area contributed by atoms with E-state index in [1.165, 1.54) is 12.8 Å². The van der Waals surface area contributed by atoms with Crippen molar-refractivity contribution in [2.24, 2.45) is 5.92 Å². The third-order valence-electron chi connectivity index (χ3n) is 4.05. The maximum absolute atomic E-state index is 6.30. The highest BCUT2D eigenvalue weighted by Crippen LogP contribution is 2.34. The molecule has 1 aliphatic rings. The van der Waals surface area contributed by atoms with Gasteiger partial charge in [0, 0.05) is 19.6 Å². The number of para-hydroxylation sites is 2. The summed E-state index contributed by atoms with van der Waals surface area (Å²) in [7, 11) is 1.67. The second-order valence-corrected chi connectivity index (χ2v) is 6.04. The van der Waals surface area contributed by atoms with Crippen molar-refractivity contribution in [1.82, 2.24) is 5.32 Å². The molecular formula is C17H27NO3. The van der Waals surface area contributed by atoms with Gasteiger partial charge in [-0.3, -0.25) is 0 Å². The molecule has 0 saturated carbocycles. The Morgan fingerprint density at radius 2 is 1.95 bits per heavy atom. The SMILES string of the molecule is COCCOc1ccccc1OC(C)(C)[C@H]1CCCNC1. The highest BCUT2D eigenvalue weighted by Gasteiger charge is 2.33. The number of rotatable bonds is 7. The number of benzene rings is 1. The molecule has 21 heavy (non-hydrogen) atoms. The lowest BCUT2D eigenvalue weighted by atomic mass is 9.84. The molecule has 0 radical (unpaired) electrons.